The number of morpholine rings is 1. The zero-order valence-electron chi connectivity index (χ0n) is 15.2. The first-order valence-electron chi connectivity index (χ1n) is 9.24. The van der Waals surface area contributed by atoms with Gasteiger partial charge in [-0.05, 0) is 25.5 Å². The molecule has 0 aromatic carbocycles. The smallest absolute Gasteiger partial charge is 0.236 e. The Bertz CT molecular complexity index is 755. The van der Waals surface area contributed by atoms with E-state index in [4.69, 9.17) is 4.74 Å². The summed E-state index contributed by atoms with van der Waals surface area (Å²) in [5, 5.41) is 0. The lowest BCUT2D eigenvalue weighted by atomic mass is 10.2. The number of rotatable bonds is 4. The molecule has 2 saturated heterocycles. The van der Waals surface area contributed by atoms with Gasteiger partial charge in [0.25, 0.3) is 0 Å². The lowest BCUT2D eigenvalue weighted by Gasteiger charge is -2.28. The maximum atomic E-state index is 12.7. The summed E-state index contributed by atoms with van der Waals surface area (Å²) < 4.78 is 7.62. The summed E-state index contributed by atoms with van der Waals surface area (Å²) >= 11 is 0. The summed E-state index contributed by atoms with van der Waals surface area (Å²) in [5.41, 5.74) is 2.13. The minimum Gasteiger partial charge on any atom is -0.379 e. The molecule has 0 bridgehead atoms. The van der Waals surface area contributed by atoms with E-state index < -0.39 is 0 Å². The highest BCUT2D eigenvalue weighted by Gasteiger charge is 2.30. The second kappa shape index (κ2) is 7.55. The van der Waals surface area contributed by atoms with Gasteiger partial charge in [-0.15, -0.1) is 0 Å². The number of nitrogens with zero attached hydrogens (tertiary/aromatic N) is 5. The van der Waals surface area contributed by atoms with Crippen LogP contribution < -0.4 is 0 Å². The van der Waals surface area contributed by atoms with Gasteiger partial charge in [0.1, 0.15) is 5.82 Å². The van der Waals surface area contributed by atoms with Crippen LogP contribution in [0.4, 0.5) is 0 Å². The van der Waals surface area contributed by atoms with Gasteiger partial charge in [0, 0.05) is 56.0 Å². The second-order valence-corrected chi connectivity index (χ2v) is 7.01. The number of likely N-dealkylation sites (tertiary alicyclic amines) is 1. The zero-order chi connectivity index (χ0) is 17.9. The fourth-order valence-electron chi connectivity index (χ4n) is 3.85. The standard InChI is InChI=1S/C19H25N5O2/c1-15-11-21-19(16-3-2-5-20-12-16)24(15)17-4-6-23(13-17)18(25)14-22-7-9-26-10-8-22/h2-3,5,11-12,17H,4,6-10,13-14H2,1H3. The molecule has 4 rings (SSSR count). The van der Waals surface area contributed by atoms with Gasteiger partial charge in [-0.1, -0.05) is 0 Å². The van der Waals surface area contributed by atoms with Gasteiger partial charge in [0.2, 0.25) is 5.91 Å². The highest BCUT2D eigenvalue weighted by Crippen LogP contribution is 2.29. The van der Waals surface area contributed by atoms with Crippen molar-refractivity contribution >= 4 is 5.91 Å². The number of aryl methyl sites for hydroxylation is 1. The lowest BCUT2D eigenvalue weighted by molar-refractivity contribution is -0.132. The molecule has 2 fully saturated rings. The Kier molecular flexibility index (Phi) is 4.99. The molecule has 1 atom stereocenters. The van der Waals surface area contributed by atoms with E-state index in [1.165, 1.54) is 0 Å². The first-order chi connectivity index (χ1) is 12.7. The van der Waals surface area contributed by atoms with Gasteiger partial charge in [0.05, 0.1) is 25.8 Å². The van der Waals surface area contributed by atoms with Gasteiger partial charge >= 0.3 is 0 Å². The number of carbonyl (C=O) groups excluding carboxylic acids is 1. The molecule has 2 aliphatic heterocycles. The molecule has 2 aromatic heterocycles. The molecular formula is C19H25N5O2. The van der Waals surface area contributed by atoms with Crippen molar-refractivity contribution in [2.75, 3.05) is 45.9 Å². The summed E-state index contributed by atoms with van der Waals surface area (Å²) in [6, 6.07) is 4.22. The molecule has 0 saturated carbocycles. The molecule has 0 aliphatic carbocycles. The summed E-state index contributed by atoms with van der Waals surface area (Å²) in [6.45, 7) is 7.24. The van der Waals surface area contributed by atoms with Gasteiger partial charge in [-0.2, -0.15) is 0 Å². The topological polar surface area (TPSA) is 63.5 Å². The number of ether oxygens (including phenoxy) is 1. The number of aromatic nitrogens is 3. The fourth-order valence-corrected chi connectivity index (χ4v) is 3.85. The Labute approximate surface area is 153 Å². The van der Waals surface area contributed by atoms with E-state index in [0.717, 1.165) is 62.9 Å². The van der Waals surface area contributed by atoms with Crippen LogP contribution in [0.25, 0.3) is 11.4 Å². The van der Waals surface area contributed by atoms with Crippen LogP contribution >= 0.6 is 0 Å². The lowest BCUT2D eigenvalue weighted by Crippen LogP contribution is -2.44. The molecule has 0 N–H and O–H groups in total. The van der Waals surface area contributed by atoms with Crippen molar-refractivity contribution in [1.29, 1.82) is 0 Å². The van der Waals surface area contributed by atoms with Crippen LogP contribution in [0.3, 0.4) is 0 Å². The van der Waals surface area contributed by atoms with Crippen LogP contribution in [0.15, 0.2) is 30.7 Å². The second-order valence-electron chi connectivity index (χ2n) is 7.01. The third-order valence-corrected chi connectivity index (χ3v) is 5.25. The summed E-state index contributed by atoms with van der Waals surface area (Å²) in [6.07, 6.45) is 6.47. The van der Waals surface area contributed by atoms with Gasteiger partial charge in [-0.3, -0.25) is 14.7 Å². The fraction of sp³-hybridized carbons (Fsp3) is 0.526. The predicted octanol–water partition coefficient (Wildman–Crippen LogP) is 1.36. The van der Waals surface area contributed by atoms with E-state index in [9.17, 15) is 4.79 Å². The van der Waals surface area contributed by atoms with Crippen molar-refractivity contribution < 1.29 is 9.53 Å². The highest BCUT2D eigenvalue weighted by atomic mass is 16.5. The number of hydrogen-bond acceptors (Lipinski definition) is 5. The molecule has 138 valence electrons. The Balaban J connectivity index is 1.46. The minimum atomic E-state index is 0.218. The average Bonchev–Trinajstić information content (AvgIpc) is 3.30. The van der Waals surface area contributed by atoms with Crippen LogP contribution in [-0.4, -0.2) is 76.2 Å². The van der Waals surface area contributed by atoms with Gasteiger partial charge < -0.3 is 14.2 Å². The van der Waals surface area contributed by atoms with Crippen LogP contribution in [0.5, 0.6) is 0 Å². The summed E-state index contributed by atoms with van der Waals surface area (Å²) in [7, 11) is 0. The van der Waals surface area contributed by atoms with Crippen molar-refractivity contribution in [3.05, 3.63) is 36.4 Å². The Morgan fingerprint density at radius 1 is 1.27 bits per heavy atom. The SMILES string of the molecule is Cc1cnc(-c2cccnc2)n1C1CCN(C(=O)CN2CCOCC2)C1. The first kappa shape index (κ1) is 17.2. The van der Waals surface area contributed by atoms with Crippen LogP contribution in [0.1, 0.15) is 18.2 Å². The average molecular weight is 355 g/mol. The number of imidazole rings is 1. The molecule has 2 aliphatic rings. The zero-order valence-corrected chi connectivity index (χ0v) is 15.2. The third-order valence-electron chi connectivity index (χ3n) is 5.25. The Morgan fingerprint density at radius 2 is 2.12 bits per heavy atom. The summed E-state index contributed by atoms with van der Waals surface area (Å²) in [5.74, 6) is 1.15. The first-order valence-corrected chi connectivity index (χ1v) is 9.24. The third kappa shape index (κ3) is 3.50. The van der Waals surface area contributed by atoms with Crippen molar-refractivity contribution in [1.82, 2.24) is 24.3 Å². The van der Waals surface area contributed by atoms with Crippen LogP contribution in [-0.2, 0) is 9.53 Å². The number of hydrogen-bond donors (Lipinski definition) is 0. The van der Waals surface area contributed by atoms with E-state index in [0.29, 0.717) is 6.54 Å². The van der Waals surface area contributed by atoms with E-state index in [1.807, 2.05) is 29.4 Å². The van der Waals surface area contributed by atoms with E-state index in [-0.39, 0.29) is 11.9 Å². The Hall–Kier alpha value is -2.25. The molecule has 0 radical (unpaired) electrons. The van der Waals surface area contributed by atoms with Crippen molar-refractivity contribution in [3.8, 4) is 11.4 Å². The molecule has 1 amide bonds. The Morgan fingerprint density at radius 3 is 2.88 bits per heavy atom. The number of carbonyl (C=O) groups is 1. The van der Waals surface area contributed by atoms with E-state index in [2.05, 4.69) is 26.4 Å². The molecule has 26 heavy (non-hydrogen) atoms. The van der Waals surface area contributed by atoms with Gasteiger partial charge in [0.15, 0.2) is 0 Å². The maximum Gasteiger partial charge on any atom is 0.236 e. The number of amides is 1. The van der Waals surface area contributed by atoms with Gasteiger partial charge in [-0.25, -0.2) is 4.98 Å². The van der Waals surface area contributed by atoms with E-state index >= 15 is 0 Å². The molecule has 2 aromatic rings. The molecule has 4 heterocycles. The largest absolute Gasteiger partial charge is 0.379 e. The van der Waals surface area contributed by atoms with Crippen LogP contribution in [0.2, 0.25) is 0 Å². The molecule has 7 nitrogen and oxygen atoms in total. The van der Waals surface area contributed by atoms with Crippen LogP contribution in [0, 0.1) is 6.92 Å². The molecule has 0 spiro atoms. The molecule has 1 unspecified atom stereocenters. The van der Waals surface area contributed by atoms with Crippen molar-refractivity contribution in [2.24, 2.45) is 0 Å². The highest BCUT2D eigenvalue weighted by molar-refractivity contribution is 5.78. The predicted molar refractivity (Wildman–Crippen MR) is 97.7 cm³/mol. The normalized spacial score (nSPS) is 21.3. The maximum absolute atomic E-state index is 12.7. The minimum absolute atomic E-state index is 0.218. The molecular weight excluding hydrogens is 330 g/mol. The quantitative estimate of drug-likeness (QED) is 0.829. The van der Waals surface area contributed by atoms with E-state index in [1.54, 1.807) is 6.20 Å². The number of pyridine rings is 1. The van der Waals surface area contributed by atoms with Crippen molar-refractivity contribution in [2.45, 2.75) is 19.4 Å². The monoisotopic (exact) mass is 355 g/mol. The molecule has 7 heteroatoms. The van der Waals surface area contributed by atoms with Crippen molar-refractivity contribution in [3.63, 3.8) is 0 Å². The summed E-state index contributed by atoms with van der Waals surface area (Å²) in [4.78, 5) is 25.7.